The molecular weight excluding hydrogens is 398 g/mol. The molecule has 4 saturated heterocycles. The predicted octanol–water partition coefficient (Wildman–Crippen LogP) is 2.16. The van der Waals surface area contributed by atoms with E-state index in [1.54, 1.807) is 0 Å². The molecular formula is C26H51N5O. The van der Waals surface area contributed by atoms with Gasteiger partial charge in [-0.15, -0.1) is 0 Å². The standard InChI is InChI=1S/C26H51N5O/c1-27-11-5-25(6-12-27)23-31-15-9-26(24-31)7-13-30(14-8-26)20-22-32-21-4-3-10-29-18-16-28(2)17-19-29/h25H,3-24H2,1-2H3. The van der Waals surface area contributed by atoms with Gasteiger partial charge in [0.05, 0.1) is 6.61 Å². The summed E-state index contributed by atoms with van der Waals surface area (Å²) in [5, 5.41) is 0. The van der Waals surface area contributed by atoms with Crippen LogP contribution in [0.1, 0.15) is 44.9 Å². The molecule has 0 radical (unpaired) electrons. The van der Waals surface area contributed by atoms with Gasteiger partial charge in [0.15, 0.2) is 0 Å². The van der Waals surface area contributed by atoms with E-state index in [-0.39, 0.29) is 0 Å². The lowest BCUT2D eigenvalue weighted by Crippen LogP contribution is -2.44. The smallest absolute Gasteiger partial charge is 0.0593 e. The Hall–Kier alpha value is -0.240. The van der Waals surface area contributed by atoms with Gasteiger partial charge in [-0.1, -0.05) is 0 Å². The van der Waals surface area contributed by atoms with E-state index in [1.165, 1.54) is 123 Å². The van der Waals surface area contributed by atoms with Crippen molar-refractivity contribution in [1.82, 2.24) is 24.5 Å². The average molecular weight is 450 g/mol. The molecule has 186 valence electrons. The van der Waals surface area contributed by atoms with Crippen LogP contribution in [0.25, 0.3) is 0 Å². The van der Waals surface area contributed by atoms with Crippen LogP contribution in [0.4, 0.5) is 0 Å². The van der Waals surface area contributed by atoms with Gasteiger partial charge in [-0.2, -0.15) is 0 Å². The fourth-order valence-corrected chi connectivity index (χ4v) is 6.36. The first-order valence-electron chi connectivity index (χ1n) is 13.7. The number of rotatable bonds is 10. The molecule has 0 aliphatic carbocycles. The number of unbranched alkanes of at least 4 members (excludes halogenated alkanes) is 1. The van der Waals surface area contributed by atoms with E-state index in [9.17, 15) is 0 Å². The lowest BCUT2D eigenvalue weighted by molar-refractivity contribution is 0.0610. The SMILES string of the molecule is CN1CCC(CN2CCC3(CCN(CCOCCCCN4CCN(C)CC4)CC3)C2)CC1. The first-order chi connectivity index (χ1) is 15.6. The second kappa shape index (κ2) is 12.5. The van der Waals surface area contributed by atoms with Crippen molar-refractivity contribution < 1.29 is 4.74 Å². The number of hydrogen-bond donors (Lipinski definition) is 0. The van der Waals surface area contributed by atoms with Gasteiger partial charge in [0.25, 0.3) is 0 Å². The van der Waals surface area contributed by atoms with Gasteiger partial charge in [0, 0.05) is 52.4 Å². The van der Waals surface area contributed by atoms with Crippen molar-refractivity contribution in [3.05, 3.63) is 0 Å². The molecule has 4 aliphatic rings. The summed E-state index contributed by atoms with van der Waals surface area (Å²) in [6, 6.07) is 0. The van der Waals surface area contributed by atoms with Crippen molar-refractivity contribution in [3.8, 4) is 0 Å². The highest BCUT2D eigenvalue weighted by Crippen LogP contribution is 2.40. The van der Waals surface area contributed by atoms with E-state index < -0.39 is 0 Å². The number of piperazine rings is 1. The summed E-state index contributed by atoms with van der Waals surface area (Å²) >= 11 is 0. The van der Waals surface area contributed by atoms with Gasteiger partial charge in [-0.05, 0) is 110 Å². The molecule has 4 fully saturated rings. The molecule has 0 aromatic rings. The number of piperidine rings is 2. The normalized spacial score (nSPS) is 27.6. The van der Waals surface area contributed by atoms with Crippen LogP contribution in [0.3, 0.4) is 0 Å². The lowest BCUT2D eigenvalue weighted by Gasteiger charge is -2.40. The summed E-state index contributed by atoms with van der Waals surface area (Å²) in [4.78, 5) is 13.0. The van der Waals surface area contributed by atoms with Crippen LogP contribution in [0.15, 0.2) is 0 Å². The first-order valence-corrected chi connectivity index (χ1v) is 13.7. The Morgan fingerprint density at radius 1 is 0.656 bits per heavy atom. The van der Waals surface area contributed by atoms with Gasteiger partial charge >= 0.3 is 0 Å². The summed E-state index contributed by atoms with van der Waals surface area (Å²) in [5.41, 5.74) is 0.631. The molecule has 1 spiro atoms. The van der Waals surface area contributed by atoms with Crippen LogP contribution < -0.4 is 0 Å². The minimum atomic E-state index is 0.631. The van der Waals surface area contributed by atoms with Crippen LogP contribution >= 0.6 is 0 Å². The molecule has 4 heterocycles. The maximum Gasteiger partial charge on any atom is 0.0593 e. The third kappa shape index (κ3) is 7.64. The molecule has 0 aromatic heterocycles. The molecule has 6 nitrogen and oxygen atoms in total. The quantitative estimate of drug-likeness (QED) is 0.474. The van der Waals surface area contributed by atoms with E-state index >= 15 is 0 Å². The zero-order valence-electron chi connectivity index (χ0n) is 21.3. The zero-order chi connectivity index (χ0) is 22.2. The molecule has 4 rings (SSSR count). The number of nitrogens with zero attached hydrogens (tertiary/aromatic N) is 5. The third-order valence-corrected chi connectivity index (χ3v) is 8.95. The second-order valence-corrected chi connectivity index (χ2v) is 11.5. The topological polar surface area (TPSA) is 25.4 Å². The van der Waals surface area contributed by atoms with E-state index in [0.29, 0.717) is 5.41 Å². The lowest BCUT2D eigenvalue weighted by atomic mass is 9.78. The van der Waals surface area contributed by atoms with Crippen LogP contribution in [0.2, 0.25) is 0 Å². The minimum Gasteiger partial charge on any atom is -0.380 e. The Bertz CT molecular complexity index is 522. The van der Waals surface area contributed by atoms with Crippen LogP contribution in [0.5, 0.6) is 0 Å². The molecule has 0 amide bonds. The molecule has 4 aliphatic heterocycles. The fraction of sp³-hybridized carbons (Fsp3) is 1.00. The first kappa shape index (κ1) is 24.9. The highest BCUT2D eigenvalue weighted by Gasteiger charge is 2.40. The van der Waals surface area contributed by atoms with E-state index in [1.807, 2.05) is 0 Å². The Balaban J connectivity index is 1.01. The van der Waals surface area contributed by atoms with Gasteiger partial charge in [-0.25, -0.2) is 0 Å². The van der Waals surface area contributed by atoms with Crippen molar-refractivity contribution >= 4 is 0 Å². The molecule has 6 heteroatoms. The summed E-state index contributed by atoms with van der Waals surface area (Å²) in [6.45, 7) is 18.4. The van der Waals surface area contributed by atoms with Crippen molar-refractivity contribution in [2.75, 3.05) is 112 Å². The van der Waals surface area contributed by atoms with E-state index in [2.05, 4.69) is 38.6 Å². The zero-order valence-corrected chi connectivity index (χ0v) is 21.3. The maximum atomic E-state index is 5.99. The third-order valence-electron chi connectivity index (χ3n) is 8.95. The van der Waals surface area contributed by atoms with Gasteiger partial charge in [0.2, 0.25) is 0 Å². The molecule has 0 saturated carbocycles. The molecule has 0 aromatic carbocycles. The molecule has 0 bridgehead atoms. The average Bonchev–Trinajstić information content (AvgIpc) is 3.19. The van der Waals surface area contributed by atoms with Crippen LogP contribution in [0, 0.1) is 11.3 Å². The Morgan fingerprint density at radius 2 is 1.28 bits per heavy atom. The largest absolute Gasteiger partial charge is 0.380 e. The Morgan fingerprint density at radius 3 is 2.00 bits per heavy atom. The maximum absolute atomic E-state index is 5.99. The van der Waals surface area contributed by atoms with Crippen molar-refractivity contribution in [1.29, 1.82) is 0 Å². The van der Waals surface area contributed by atoms with E-state index in [4.69, 9.17) is 4.74 Å². The van der Waals surface area contributed by atoms with Gasteiger partial charge in [0.1, 0.15) is 0 Å². The second-order valence-electron chi connectivity index (χ2n) is 11.5. The summed E-state index contributed by atoms with van der Waals surface area (Å²) in [7, 11) is 4.50. The minimum absolute atomic E-state index is 0.631. The molecule has 0 unspecified atom stereocenters. The predicted molar refractivity (Wildman–Crippen MR) is 133 cm³/mol. The van der Waals surface area contributed by atoms with Crippen molar-refractivity contribution in [2.45, 2.75) is 44.9 Å². The van der Waals surface area contributed by atoms with Crippen molar-refractivity contribution in [2.24, 2.45) is 11.3 Å². The molecule has 0 N–H and O–H groups in total. The number of likely N-dealkylation sites (tertiary alicyclic amines) is 3. The Kier molecular flexibility index (Phi) is 9.68. The summed E-state index contributed by atoms with van der Waals surface area (Å²) < 4.78 is 5.99. The summed E-state index contributed by atoms with van der Waals surface area (Å²) in [5.74, 6) is 0.945. The van der Waals surface area contributed by atoms with Crippen LogP contribution in [-0.4, -0.2) is 137 Å². The Labute approximate surface area is 198 Å². The fourth-order valence-electron chi connectivity index (χ4n) is 6.36. The summed E-state index contributed by atoms with van der Waals surface area (Å²) in [6.07, 6.45) is 9.56. The van der Waals surface area contributed by atoms with Crippen LogP contribution in [-0.2, 0) is 4.74 Å². The van der Waals surface area contributed by atoms with E-state index in [0.717, 1.165) is 25.7 Å². The molecule has 32 heavy (non-hydrogen) atoms. The highest BCUT2D eigenvalue weighted by molar-refractivity contribution is 4.94. The monoisotopic (exact) mass is 449 g/mol. The van der Waals surface area contributed by atoms with Crippen molar-refractivity contribution in [3.63, 3.8) is 0 Å². The molecule has 0 atom stereocenters. The number of likely N-dealkylation sites (N-methyl/N-ethyl adjacent to an activating group) is 1. The van der Waals surface area contributed by atoms with Gasteiger partial charge < -0.3 is 29.2 Å². The highest BCUT2D eigenvalue weighted by atomic mass is 16.5. The number of hydrogen-bond acceptors (Lipinski definition) is 6. The number of ether oxygens (including phenoxy) is 1. The van der Waals surface area contributed by atoms with Gasteiger partial charge in [-0.3, -0.25) is 0 Å².